The lowest BCUT2D eigenvalue weighted by Crippen LogP contribution is -2.57. The zero-order chi connectivity index (χ0) is 16.2. The van der Waals surface area contributed by atoms with Gasteiger partial charge in [0, 0.05) is 33.3 Å². The highest BCUT2D eigenvalue weighted by Gasteiger charge is 2.43. The Morgan fingerprint density at radius 1 is 1.12 bits per heavy atom. The molecule has 0 bridgehead atoms. The van der Waals surface area contributed by atoms with E-state index in [9.17, 15) is 18.0 Å². The number of amides is 1. The normalized spacial score (nSPS) is 21.6. The van der Waals surface area contributed by atoms with E-state index >= 15 is 0 Å². The number of nitrogens with one attached hydrogen (secondary N) is 1. The molecule has 5 nitrogen and oxygen atoms in total. The van der Waals surface area contributed by atoms with E-state index in [1.165, 1.54) is 4.90 Å². The molecule has 0 aromatic rings. The minimum Gasteiger partial charge on any atom is -0.384 e. The summed E-state index contributed by atoms with van der Waals surface area (Å²) >= 11 is 0. The lowest BCUT2D eigenvalue weighted by atomic mass is 9.78. The number of carbonyl (C=O) groups is 1. The van der Waals surface area contributed by atoms with E-state index in [0.717, 1.165) is 13.1 Å². The Balaban J connectivity index is 0.00000264. The fourth-order valence-electron chi connectivity index (χ4n) is 3.30. The Morgan fingerprint density at radius 3 is 2.12 bits per heavy atom. The molecule has 0 unspecified atom stereocenters. The zero-order valence-electron chi connectivity index (χ0n) is 13.7. The Bertz CT molecular complexity index is 380. The predicted octanol–water partition coefficient (Wildman–Crippen LogP) is 1.55. The van der Waals surface area contributed by atoms with E-state index in [1.54, 1.807) is 12.0 Å². The number of piperazine rings is 1. The van der Waals surface area contributed by atoms with E-state index in [1.807, 2.05) is 0 Å². The Morgan fingerprint density at radius 2 is 1.67 bits per heavy atom. The van der Waals surface area contributed by atoms with Gasteiger partial charge in [-0.3, -0.25) is 9.69 Å². The first-order valence-corrected chi connectivity index (χ1v) is 7.64. The van der Waals surface area contributed by atoms with Crippen LogP contribution in [0.5, 0.6) is 0 Å². The molecule has 0 aliphatic carbocycles. The quantitative estimate of drug-likeness (QED) is 0.784. The molecule has 2 saturated heterocycles. The van der Waals surface area contributed by atoms with E-state index in [4.69, 9.17) is 4.74 Å². The predicted molar refractivity (Wildman–Crippen MR) is 90.0 cm³/mol. The van der Waals surface area contributed by atoms with Crippen LogP contribution in [0, 0.1) is 5.41 Å². The number of carbonyl (C=O) groups excluding carboxylic acids is 1. The second-order valence-corrected chi connectivity index (χ2v) is 6.15. The van der Waals surface area contributed by atoms with Crippen LogP contribution in [-0.2, 0) is 9.53 Å². The average molecular weight is 396 g/mol. The van der Waals surface area contributed by atoms with Crippen LogP contribution in [0.15, 0.2) is 0 Å². The highest BCUT2D eigenvalue weighted by atomic mass is 35.5. The minimum absolute atomic E-state index is 0. The van der Waals surface area contributed by atoms with Gasteiger partial charge in [-0.05, 0) is 25.9 Å². The number of ether oxygens (including phenoxy) is 1. The number of hydrogen-bond acceptors (Lipinski definition) is 4. The molecule has 2 aliphatic rings. The number of rotatable bonds is 4. The lowest BCUT2D eigenvalue weighted by molar-refractivity contribution is -0.157. The van der Waals surface area contributed by atoms with Crippen molar-refractivity contribution in [1.29, 1.82) is 0 Å². The SMILES string of the molecule is COCC1(C(=O)N2CCN(CC(F)(F)F)CC2)CCNCC1.Cl.Cl. The molecule has 2 fully saturated rings. The van der Waals surface area contributed by atoms with Gasteiger partial charge in [0.2, 0.25) is 5.91 Å². The lowest BCUT2D eigenvalue weighted by Gasteiger charge is -2.42. The van der Waals surface area contributed by atoms with Crippen molar-refractivity contribution in [2.24, 2.45) is 5.41 Å². The van der Waals surface area contributed by atoms with Crippen LogP contribution in [0.1, 0.15) is 12.8 Å². The second kappa shape index (κ2) is 10.0. The average Bonchev–Trinajstić information content (AvgIpc) is 2.47. The maximum absolute atomic E-state index is 12.8. The van der Waals surface area contributed by atoms with E-state index in [0.29, 0.717) is 32.5 Å². The third-order valence-electron chi connectivity index (χ3n) is 4.50. The van der Waals surface area contributed by atoms with Crippen LogP contribution in [0.3, 0.4) is 0 Å². The number of halogens is 5. The Kier molecular flexibility index (Phi) is 9.89. The molecule has 2 rings (SSSR count). The summed E-state index contributed by atoms with van der Waals surface area (Å²) in [5, 5.41) is 3.23. The molecule has 144 valence electrons. The Hall–Kier alpha value is -0.280. The van der Waals surface area contributed by atoms with Gasteiger partial charge in [-0.1, -0.05) is 0 Å². The summed E-state index contributed by atoms with van der Waals surface area (Å²) in [6.07, 6.45) is -2.76. The molecule has 1 amide bonds. The molecule has 24 heavy (non-hydrogen) atoms. The minimum atomic E-state index is -4.18. The number of alkyl halides is 3. The maximum atomic E-state index is 12.8. The van der Waals surface area contributed by atoms with E-state index in [2.05, 4.69) is 5.32 Å². The fraction of sp³-hybridized carbons (Fsp3) is 0.929. The summed E-state index contributed by atoms with van der Waals surface area (Å²) in [6.45, 7) is 2.26. The first kappa shape index (κ1) is 23.7. The molecule has 10 heteroatoms. The van der Waals surface area contributed by atoms with Gasteiger partial charge < -0.3 is 15.0 Å². The summed E-state index contributed by atoms with van der Waals surface area (Å²) in [6, 6.07) is 0. The van der Waals surface area contributed by atoms with Crippen LogP contribution in [0.25, 0.3) is 0 Å². The molecule has 1 N–H and O–H groups in total. The highest BCUT2D eigenvalue weighted by Crippen LogP contribution is 2.32. The van der Waals surface area contributed by atoms with Crippen molar-refractivity contribution in [3.8, 4) is 0 Å². The number of piperidine rings is 1. The van der Waals surface area contributed by atoms with E-state index < -0.39 is 18.1 Å². The van der Waals surface area contributed by atoms with Crippen LogP contribution in [0.4, 0.5) is 13.2 Å². The number of hydrogen-bond donors (Lipinski definition) is 1. The molecule has 0 aromatic heterocycles. The van der Waals surface area contributed by atoms with Gasteiger partial charge >= 0.3 is 6.18 Å². The first-order chi connectivity index (χ1) is 10.4. The molecule has 2 heterocycles. The third kappa shape index (κ3) is 6.22. The van der Waals surface area contributed by atoms with Crippen molar-refractivity contribution in [2.45, 2.75) is 19.0 Å². The summed E-state index contributed by atoms with van der Waals surface area (Å²) in [5.41, 5.74) is -0.522. The van der Waals surface area contributed by atoms with E-state index in [-0.39, 0.29) is 43.8 Å². The van der Waals surface area contributed by atoms with Crippen molar-refractivity contribution in [3.63, 3.8) is 0 Å². The Labute approximate surface area is 153 Å². The highest BCUT2D eigenvalue weighted by molar-refractivity contribution is 5.85. The van der Waals surface area contributed by atoms with Crippen molar-refractivity contribution < 1.29 is 22.7 Å². The number of nitrogens with zero attached hydrogens (tertiary/aromatic N) is 2. The smallest absolute Gasteiger partial charge is 0.384 e. The van der Waals surface area contributed by atoms with Crippen molar-refractivity contribution in [1.82, 2.24) is 15.1 Å². The third-order valence-corrected chi connectivity index (χ3v) is 4.50. The van der Waals surface area contributed by atoms with Gasteiger partial charge in [0.05, 0.1) is 18.6 Å². The van der Waals surface area contributed by atoms with Crippen molar-refractivity contribution in [2.75, 3.05) is 59.5 Å². The first-order valence-electron chi connectivity index (χ1n) is 7.64. The van der Waals surface area contributed by atoms with Gasteiger partial charge in [-0.25, -0.2) is 0 Å². The summed E-state index contributed by atoms with van der Waals surface area (Å²) in [5.74, 6) is 0.0301. The summed E-state index contributed by atoms with van der Waals surface area (Å²) in [4.78, 5) is 15.9. The number of methoxy groups -OCH3 is 1. The van der Waals surface area contributed by atoms with Gasteiger partial charge in [0.15, 0.2) is 0 Å². The summed E-state index contributed by atoms with van der Waals surface area (Å²) < 4.78 is 42.5. The molecular weight excluding hydrogens is 370 g/mol. The van der Waals surface area contributed by atoms with Gasteiger partial charge in [0.1, 0.15) is 0 Å². The largest absolute Gasteiger partial charge is 0.401 e. The second-order valence-electron chi connectivity index (χ2n) is 6.15. The molecular formula is C14H26Cl2F3N3O2. The van der Waals surface area contributed by atoms with Gasteiger partial charge in [-0.2, -0.15) is 13.2 Å². The van der Waals surface area contributed by atoms with Gasteiger partial charge in [-0.15, -0.1) is 24.8 Å². The molecule has 2 aliphatic heterocycles. The molecule has 0 radical (unpaired) electrons. The van der Waals surface area contributed by atoms with Crippen LogP contribution >= 0.6 is 24.8 Å². The molecule has 0 saturated carbocycles. The topological polar surface area (TPSA) is 44.8 Å². The zero-order valence-corrected chi connectivity index (χ0v) is 15.4. The molecule has 0 aromatic carbocycles. The van der Waals surface area contributed by atoms with Crippen LogP contribution in [0.2, 0.25) is 0 Å². The molecule has 0 spiro atoms. The summed E-state index contributed by atoms with van der Waals surface area (Å²) in [7, 11) is 1.58. The van der Waals surface area contributed by atoms with Gasteiger partial charge in [0.25, 0.3) is 0 Å². The molecule has 0 atom stereocenters. The fourth-order valence-corrected chi connectivity index (χ4v) is 3.30. The maximum Gasteiger partial charge on any atom is 0.401 e. The van der Waals surface area contributed by atoms with Crippen molar-refractivity contribution >= 4 is 30.7 Å². The van der Waals surface area contributed by atoms with Crippen LogP contribution in [-0.4, -0.2) is 81.4 Å². The van der Waals surface area contributed by atoms with Crippen molar-refractivity contribution in [3.05, 3.63) is 0 Å². The monoisotopic (exact) mass is 395 g/mol. The van der Waals surface area contributed by atoms with Crippen LogP contribution < -0.4 is 5.32 Å². The standard InChI is InChI=1S/C14H24F3N3O2.2ClH/c1-22-11-13(2-4-18-5-3-13)12(21)20-8-6-19(7-9-20)10-14(15,16)17;;/h18H,2-11H2,1H3;2*1H.